The molecule has 0 saturated heterocycles. The van der Waals surface area contributed by atoms with E-state index in [4.69, 9.17) is 4.42 Å². The van der Waals surface area contributed by atoms with Crippen molar-refractivity contribution < 1.29 is 4.42 Å². The average Bonchev–Trinajstić information content (AvgIpc) is 3.24. The highest BCUT2D eigenvalue weighted by molar-refractivity contribution is 6.25. The summed E-state index contributed by atoms with van der Waals surface area (Å²) in [7, 11) is 0. The lowest BCUT2D eigenvalue weighted by molar-refractivity contribution is 0.664. The monoisotopic (exact) mass is 570 g/mol. The zero-order valence-corrected chi connectivity index (χ0v) is 24.4. The molecule has 0 saturated carbocycles. The Kier molecular flexibility index (Phi) is 5.06. The summed E-state index contributed by atoms with van der Waals surface area (Å²) in [5, 5.41) is 7.12. The van der Waals surface area contributed by atoms with Gasteiger partial charge in [-0.15, -0.1) is 0 Å². The normalized spacial score (nSPS) is 12.0. The zero-order chi connectivity index (χ0) is 29.5. The fourth-order valence-electron chi connectivity index (χ4n) is 7.79. The summed E-state index contributed by atoms with van der Waals surface area (Å²) >= 11 is 0. The van der Waals surface area contributed by atoms with Crippen molar-refractivity contribution in [2.75, 3.05) is 0 Å². The van der Waals surface area contributed by atoms with Gasteiger partial charge in [0.25, 0.3) is 0 Å². The van der Waals surface area contributed by atoms with Gasteiger partial charge in [0.2, 0.25) is 0 Å². The number of fused-ring (bicyclic) bond motifs is 9. The van der Waals surface area contributed by atoms with Crippen molar-refractivity contribution in [3.05, 3.63) is 158 Å². The van der Waals surface area contributed by atoms with Gasteiger partial charge >= 0.3 is 0 Å². The fourth-order valence-corrected chi connectivity index (χ4v) is 7.79. The molecule has 1 aliphatic carbocycles. The minimum atomic E-state index is 0.895. The van der Waals surface area contributed by atoms with E-state index in [9.17, 15) is 0 Å². The molecule has 9 aromatic rings. The van der Waals surface area contributed by atoms with E-state index >= 15 is 0 Å². The third kappa shape index (κ3) is 3.44. The fraction of sp³-hybridized carbons (Fsp3) is 0. The van der Waals surface area contributed by atoms with E-state index in [1.807, 2.05) is 0 Å². The second-order valence-corrected chi connectivity index (χ2v) is 12.0. The maximum absolute atomic E-state index is 6.73. The van der Waals surface area contributed by atoms with Crippen LogP contribution in [0, 0.1) is 0 Å². The summed E-state index contributed by atoms with van der Waals surface area (Å²) in [6.07, 6.45) is 0. The molecule has 208 valence electrons. The lowest BCUT2D eigenvalue weighted by atomic mass is 9.78. The second kappa shape index (κ2) is 9.29. The Balaban J connectivity index is 1.36. The van der Waals surface area contributed by atoms with Gasteiger partial charge in [-0.25, -0.2) is 0 Å². The average molecular weight is 571 g/mol. The predicted molar refractivity (Wildman–Crippen MR) is 189 cm³/mol. The maximum atomic E-state index is 6.73. The molecule has 1 heteroatoms. The summed E-state index contributed by atoms with van der Waals surface area (Å²) < 4.78 is 6.73. The Labute approximate surface area is 260 Å². The highest BCUT2D eigenvalue weighted by atomic mass is 16.3. The largest absolute Gasteiger partial charge is 0.456 e. The van der Waals surface area contributed by atoms with Gasteiger partial charge in [0.15, 0.2) is 0 Å². The first-order valence-corrected chi connectivity index (χ1v) is 15.5. The lowest BCUT2D eigenvalue weighted by Crippen LogP contribution is -1.98. The van der Waals surface area contributed by atoms with Gasteiger partial charge in [-0.05, 0) is 89.3 Å². The summed E-state index contributed by atoms with van der Waals surface area (Å²) in [5.41, 5.74) is 14.3. The first-order chi connectivity index (χ1) is 22.3. The molecule has 0 N–H and O–H groups in total. The van der Waals surface area contributed by atoms with Gasteiger partial charge < -0.3 is 4.42 Å². The van der Waals surface area contributed by atoms with E-state index < -0.39 is 0 Å². The van der Waals surface area contributed by atoms with Crippen molar-refractivity contribution >= 4 is 43.5 Å². The molecule has 1 aliphatic rings. The van der Waals surface area contributed by atoms with E-state index in [1.54, 1.807) is 0 Å². The molecule has 0 atom stereocenters. The molecular weight excluding hydrogens is 544 g/mol. The van der Waals surface area contributed by atoms with Crippen LogP contribution in [0.5, 0.6) is 0 Å². The van der Waals surface area contributed by atoms with Crippen LogP contribution < -0.4 is 0 Å². The molecule has 0 bridgehead atoms. The van der Waals surface area contributed by atoms with E-state index in [-0.39, 0.29) is 0 Å². The van der Waals surface area contributed by atoms with Gasteiger partial charge in [-0.1, -0.05) is 146 Å². The van der Waals surface area contributed by atoms with Crippen molar-refractivity contribution in [1.82, 2.24) is 0 Å². The first-order valence-electron chi connectivity index (χ1n) is 15.5. The van der Waals surface area contributed by atoms with E-state index in [0.717, 1.165) is 16.6 Å². The highest BCUT2D eigenvalue weighted by Crippen LogP contribution is 2.51. The SMILES string of the molecule is c1ccc2c(c1)-c1ccccc1-c1cccc(-c3ccc4oc5cccc6cccc(c7cccc3c47)c65)c1-c1ccccc1-2. The van der Waals surface area contributed by atoms with Crippen molar-refractivity contribution in [1.29, 1.82) is 0 Å². The quantitative estimate of drug-likeness (QED) is 0.191. The van der Waals surface area contributed by atoms with Crippen molar-refractivity contribution in [2.24, 2.45) is 0 Å². The topological polar surface area (TPSA) is 13.1 Å². The third-order valence-corrected chi connectivity index (χ3v) is 9.65. The van der Waals surface area contributed by atoms with Gasteiger partial charge in [-0.2, -0.15) is 0 Å². The Morgan fingerprint density at radius 2 is 0.711 bits per heavy atom. The molecule has 0 fully saturated rings. The summed E-state index contributed by atoms with van der Waals surface area (Å²) in [6.45, 7) is 0. The third-order valence-electron chi connectivity index (χ3n) is 9.65. The van der Waals surface area contributed by atoms with Crippen LogP contribution in [-0.4, -0.2) is 0 Å². The minimum Gasteiger partial charge on any atom is -0.456 e. The van der Waals surface area contributed by atoms with Crippen molar-refractivity contribution in [2.45, 2.75) is 0 Å². The molecule has 8 aromatic carbocycles. The maximum Gasteiger partial charge on any atom is 0.135 e. The first kappa shape index (κ1) is 24.5. The molecule has 1 heterocycles. The van der Waals surface area contributed by atoms with E-state index in [1.165, 1.54) is 82.6 Å². The van der Waals surface area contributed by atoms with E-state index in [0.29, 0.717) is 0 Å². The molecule has 0 aliphatic heterocycles. The van der Waals surface area contributed by atoms with Crippen molar-refractivity contribution in [3.63, 3.8) is 0 Å². The second-order valence-electron chi connectivity index (χ2n) is 12.0. The molecule has 0 amide bonds. The molecule has 45 heavy (non-hydrogen) atoms. The van der Waals surface area contributed by atoms with Gasteiger partial charge in [-0.3, -0.25) is 0 Å². The number of rotatable bonds is 1. The van der Waals surface area contributed by atoms with Gasteiger partial charge in [0.05, 0.1) is 0 Å². The van der Waals surface area contributed by atoms with Gasteiger partial charge in [0.1, 0.15) is 11.2 Å². The molecule has 0 spiro atoms. The minimum absolute atomic E-state index is 0.895. The number of benzene rings is 8. The Hall–Kier alpha value is -5.92. The molecule has 0 radical (unpaired) electrons. The van der Waals surface area contributed by atoms with E-state index in [2.05, 4.69) is 158 Å². The van der Waals surface area contributed by atoms with Crippen LogP contribution in [0.15, 0.2) is 162 Å². The Bertz CT molecular complexity index is 2640. The van der Waals surface area contributed by atoms with Crippen LogP contribution in [0.3, 0.4) is 0 Å². The predicted octanol–water partition coefficient (Wildman–Crippen LogP) is 12.5. The van der Waals surface area contributed by atoms with Gasteiger partial charge in [0, 0.05) is 10.8 Å². The smallest absolute Gasteiger partial charge is 0.135 e. The standard InChI is InChI=1S/C44H26O/c1-2-14-29-28(13-1)30-15-3-4-16-32(30)35-20-9-21-36(43(35)34-18-6-5-17-31(29)34)33-25-26-41-44-37(33)22-10-23-39(44)38-19-7-11-27-12-8-24-40(45-41)42(27)38/h1-26H. The number of hydrogen-bond acceptors (Lipinski definition) is 1. The molecule has 1 nitrogen and oxygen atoms in total. The van der Waals surface area contributed by atoms with Crippen LogP contribution >= 0.6 is 0 Å². The highest BCUT2D eigenvalue weighted by Gasteiger charge is 2.25. The zero-order valence-electron chi connectivity index (χ0n) is 24.4. The molecule has 0 unspecified atom stereocenters. The van der Waals surface area contributed by atoms with Crippen LogP contribution in [0.2, 0.25) is 0 Å². The Morgan fingerprint density at radius 1 is 0.267 bits per heavy atom. The lowest BCUT2D eigenvalue weighted by Gasteiger charge is -2.25. The van der Waals surface area contributed by atoms with Crippen molar-refractivity contribution in [3.8, 4) is 55.6 Å². The van der Waals surface area contributed by atoms with Crippen LogP contribution in [0.25, 0.3) is 99.1 Å². The van der Waals surface area contributed by atoms with Crippen LogP contribution in [0.4, 0.5) is 0 Å². The molecule has 1 aromatic heterocycles. The molecule has 10 rings (SSSR count). The summed E-state index contributed by atoms with van der Waals surface area (Å²) in [4.78, 5) is 0. The summed E-state index contributed by atoms with van der Waals surface area (Å²) in [6, 6.07) is 57.4. The van der Waals surface area contributed by atoms with Crippen LogP contribution in [0.1, 0.15) is 0 Å². The van der Waals surface area contributed by atoms with Crippen LogP contribution in [-0.2, 0) is 0 Å². The Morgan fingerprint density at radius 3 is 1.40 bits per heavy atom. The number of hydrogen-bond donors (Lipinski definition) is 0. The summed E-state index contributed by atoms with van der Waals surface area (Å²) in [5.74, 6) is 0. The molecular formula is C44H26O.